The summed E-state index contributed by atoms with van der Waals surface area (Å²) in [6, 6.07) is 4.03. The fraction of sp³-hybridized carbons (Fsp3) is 0.552. The minimum atomic E-state index is -2.91. The average molecular weight is 645 g/mol. The molecule has 2 aliphatic rings. The number of methoxy groups -OCH3 is 1. The van der Waals surface area contributed by atoms with Gasteiger partial charge < -0.3 is 24.8 Å². The van der Waals surface area contributed by atoms with Crippen LogP contribution in [0.3, 0.4) is 0 Å². The van der Waals surface area contributed by atoms with E-state index in [0.29, 0.717) is 12.1 Å². The van der Waals surface area contributed by atoms with Crippen LogP contribution in [0, 0.1) is 17.5 Å². The van der Waals surface area contributed by atoms with Crippen molar-refractivity contribution < 1.29 is 46.7 Å². The highest BCUT2D eigenvalue weighted by Crippen LogP contribution is 2.53. The van der Waals surface area contributed by atoms with E-state index >= 15 is 0 Å². The fourth-order valence-electron chi connectivity index (χ4n) is 5.86. The molecule has 3 aromatic rings. The van der Waals surface area contributed by atoms with Gasteiger partial charge in [-0.05, 0) is 43.0 Å². The minimum absolute atomic E-state index is 0.0301. The van der Waals surface area contributed by atoms with Gasteiger partial charge in [-0.3, -0.25) is 4.98 Å². The lowest BCUT2D eigenvalue weighted by Gasteiger charge is -2.47. The standard InChI is InChI=1S/C29H33F5N4O5S/c1-3-15-5-4-10-35-22(15)26(28(41)6-8-29(33,34)9-7-28)44-27-25(42-2)23(24(40)20(14-39)43-27)38-13-19(36-37-38)16-11-17(30)21(32)18(31)12-16/h4-5,10-13,20,23-27,39-41H,3,6-9,14H2,1-2H3/t20-,23+,24+,25-,26+,27+/m1/s1. The van der Waals surface area contributed by atoms with Crippen molar-refractivity contribution in [3.8, 4) is 11.3 Å². The number of pyridine rings is 1. The molecule has 2 fully saturated rings. The number of alkyl halides is 2. The highest BCUT2D eigenvalue weighted by atomic mass is 32.2. The molecule has 0 bridgehead atoms. The average Bonchev–Trinajstić information content (AvgIpc) is 3.50. The smallest absolute Gasteiger partial charge is 0.248 e. The third-order valence-corrected chi connectivity index (χ3v) is 9.93. The fourth-order valence-corrected chi connectivity index (χ4v) is 7.59. The number of hydrogen-bond acceptors (Lipinski definition) is 9. The van der Waals surface area contributed by atoms with Crippen LogP contribution in [0.2, 0.25) is 0 Å². The maximum absolute atomic E-state index is 14.2. The molecule has 240 valence electrons. The molecule has 9 nitrogen and oxygen atoms in total. The summed E-state index contributed by atoms with van der Waals surface area (Å²) < 4.78 is 82.8. The van der Waals surface area contributed by atoms with E-state index in [-0.39, 0.29) is 24.1 Å². The first-order valence-electron chi connectivity index (χ1n) is 14.1. The number of nitrogens with zero attached hydrogens (tertiary/aromatic N) is 4. The van der Waals surface area contributed by atoms with Gasteiger partial charge in [-0.1, -0.05) is 18.2 Å². The number of benzene rings is 1. The lowest BCUT2D eigenvalue weighted by Crippen LogP contribution is -2.56. The van der Waals surface area contributed by atoms with Gasteiger partial charge in [-0.25, -0.2) is 26.6 Å². The van der Waals surface area contributed by atoms with Crippen LogP contribution in [0.4, 0.5) is 22.0 Å². The van der Waals surface area contributed by atoms with E-state index in [9.17, 15) is 37.3 Å². The van der Waals surface area contributed by atoms with Gasteiger partial charge in [0, 0.05) is 31.7 Å². The maximum atomic E-state index is 14.2. The summed E-state index contributed by atoms with van der Waals surface area (Å²) in [7, 11) is 1.35. The van der Waals surface area contributed by atoms with E-state index in [0.717, 1.165) is 29.5 Å². The number of thioether (sulfide) groups is 1. The van der Waals surface area contributed by atoms with Gasteiger partial charge in [-0.15, -0.1) is 16.9 Å². The number of aliphatic hydroxyl groups is 3. The number of aliphatic hydroxyl groups excluding tert-OH is 2. The van der Waals surface area contributed by atoms with Crippen LogP contribution in [0.1, 0.15) is 55.2 Å². The molecule has 3 N–H and O–H groups in total. The molecule has 15 heteroatoms. The molecular formula is C29H33F5N4O5S. The second-order valence-electron chi connectivity index (χ2n) is 11.1. The normalized spacial score (nSPS) is 27.3. The van der Waals surface area contributed by atoms with Crippen molar-refractivity contribution in [3.05, 3.63) is 65.4 Å². The van der Waals surface area contributed by atoms with Crippen LogP contribution in [-0.2, 0) is 15.9 Å². The minimum Gasteiger partial charge on any atom is -0.394 e. The van der Waals surface area contributed by atoms with Crippen molar-refractivity contribution in [1.82, 2.24) is 20.0 Å². The van der Waals surface area contributed by atoms with Gasteiger partial charge in [0.25, 0.3) is 0 Å². The third kappa shape index (κ3) is 6.35. The monoisotopic (exact) mass is 644 g/mol. The van der Waals surface area contributed by atoms with E-state index in [1.54, 1.807) is 12.3 Å². The summed E-state index contributed by atoms with van der Waals surface area (Å²) in [5.74, 6) is -7.38. The highest BCUT2D eigenvalue weighted by molar-refractivity contribution is 8.00. The van der Waals surface area contributed by atoms with Crippen molar-refractivity contribution in [3.63, 3.8) is 0 Å². The van der Waals surface area contributed by atoms with Gasteiger partial charge in [0.1, 0.15) is 35.5 Å². The molecule has 0 unspecified atom stereocenters. The van der Waals surface area contributed by atoms with Crippen LogP contribution in [0.5, 0.6) is 0 Å². The van der Waals surface area contributed by atoms with Crippen molar-refractivity contribution in [2.75, 3.05) is 13.7 Å². The molecule has 3 heterocycles. The summed E-state index contributed by atoms with van der Waals surface area (Å²) in [6.07, 6.45) is -1.62. The largest absolute Gasteiger partial charge is 0.394 e. The Morgan fingerprint density at radius 3 is 2.45 bits per heavy atom. The Hall–Kier alpha value is -2.69. The predicted octanol–water partition coefficient (Wildman–Crippen LogP) is 4.37. The Bertz CT molecular complexity index is 1430. The maximum Gasteiger partial charge on any atom is 0.248 e. The van der Waals surface area contributed by atoms with E-state index in [4.69, 9.17) is 9.47 Å². The molecule has 6 atom stereocenters. The summed E-state index contributed by atoms with van der Waals surface area (Å²) >= 11 is 1.09. The predicted molar refractivity (Wildman–Crippen MR) is 149 cm³/mol. The first-order valence-corrected chi connectivity index (χ1v) is 15.1. The first-order chi connectivity index (χ1) is 20.9. The van der Waals surface area contributed by atoms with Crippen molar-refractivity contribution >= 4 is 11.8 Å². The third-order valence-electron chi connectivity index (χ3n) is 8.35. The van der Waals surface area contributed by atoms with Gasteiger partial charge in [-0.2, -0.15) is 0 Å². The van der Waals surface area contributed by atoms with Crippen molar-refractivity contribution in [2.24, 2.45) is 0 Å². The number of halogens is 5. The molecule has 1 aromatic carbocycles. The Labute approximate surface area is 254 Å². The van der Waals surface area contributed by atoms with Crippen LogP contribution in [0.15, 0.2) is 36.7 Å². The molecule has 1 saturated heterocycles. The first kappa shape index (κ1) is 32.7. The van der Waals surface area contributed by atoms with Gasteiger partial charge in [0.15, 0.2) is 17.5 Å². The van der Waals surface area contributed by atoms with E-state index in [1.165, 1.54) is 18.0 Å². The van der Waals surface area contributed by atoms with Crippen LogP contribution < -0.4 is 0 Å². The summed E-state index contributed by atoms with van der Waals surface area (Å²) in [5.41, 5.74) is -1.43. The number of hydrogen-bond donors (Lipinski definition) is 3. The zero-order valence-corrected chi connectivity index (χ0v) is 24.7. The molecule has 1 saturated carbocycles. The lowest BCUT2D eigenvalue weighted by molar-refractivity contribution is -0.186. The quantitative estimate of drug-likeness (QED) is 0.230. The topological polar surface area (TPSA) is 123 Å². The zero-order chi connectivity index (χ0) is 31.8. The Balaban J connectivity index is 1.52. The molecule has 1 aliphatic carbocycles. The molecule has 44 heavy (non-hydrogen) atoms. The Kier molecular flexibility index (Phi) is 9.64. The number of ether oxygens (including phenoxy) is 2. The molecule has 0 amide bonds. The van der Waals surface area contributed by atoms with Gasteiger partial charge >= 0.3 is 0 Å². The van der Waals surface area contributed by atoms with E-state index in [1.807, 2.05) is 13.0 Å². The molecule has 5 rings (SSSR count). The van der Waals surface area contributed by atoms with Gasteiger partial charge in [0.2, 0.25) is 5.92 Å². The number of rotatable bonds is 9. The van der Waals surface area contributed by atoms with E-state index < -0.39 is 83.5 Å². The Morgan fingerprint density at radius 2 is 1.84 bits per heavy atom. The summed E-state index contributed by atoms with van der Waals surface area (Å²) in [5, 5.41) is 40.3. The highest BCUT2D eigenvalue weighted by Gasteiger charge is 2.53. The van der Waals surface area contributed by atoms with Crippen LogP contribution in [0.25, 0.3) is 11.3 Å². The van der Waals surface area contributed by atoms with E-state index in [2.05, 4.69) is 15.3 Å². The van der Waals surface area contributed by atoms with Gasteiger partial charge in [0.05, 0.1) is 29.3 Å². The molecule has 0 radical (unpaired) electrons. The molecular weight excluding hydrogens is 611 g/mol. The zero-order valence-electron chi connectivity index (χ0n) is 23.9. The Morgan fingerprint density at radius 1 is 1.16 bits per heavy atom. The second-order valence-corrected chi connectivity index (χ2v) is 12.3. The molecule has 2 aromatic heterocycles. The van der Waals surface area contributed by atoms with Crippen molar-refractivity contribution in [2.45, 2.75) is 85.6 Å². The second kappa shape index (κ2) is 13.0. The van der Waals surface area contributed by atoms with Crippen molar-refractivity contribution in [1.29, 1.82) is 0 Å². The van der Waals surface area contributed by atoms with Crippen LogP contribution >= 0.6 is 11.8 Å². The molecule has 0 spiro atoms. The summed E-state index contributed by atoms with van der Waals surface area (Å²) in [6.45, 7) is 1.29. The lowest BCUT2D eigenvalue weighted by atomic mass is 9.78. The number of aryl methyl sites for hydroxylation is 1. The summed E-state index contributed by atoms with van der Waals surface area (Å²) in [4.78, 5) is 4.53. The number of aromatic nitrogens is 4. The SMILES string of the molecule is CCc1cccnc1[C@H](S[C@@H]1O[C@H](CO)[C@H](O)[C@H](n2cc(-c3cc(F)c(F)c(F)c3)nn2)[C@H]1OC)C1(O)CCC(F)(F)CC1. The van der Waals surface area contributed by atoms with Crippen LogP contribution in [-0.4, -0.2) is 84.3 Å². The molecule has 1 aliphatic heterocycles.